The van der Waals surface area contributed by atoms with Gasteiger partial charge in [-0.05, 0) is 19.1 Å². The number of nitrogens with one attached hydrogen (secondary N) is 1. The first-order valence-corrected chi connectivity index (χ1v) is 3.87. The molecule has 0 aliphatic heterocycles. The van der Waals surface area contributed by atoms with E-state index in [-0.39, 0.29) is 0 Å². The van der Waals surface area contributed by atoms with Crippen LogP contribution < -0.4 is 0 Å². The molecule has 0 spiro atoms. The molecule has 3 nitrogen and oxygen atoms in total. The van der Waals surface area contributed by atoms with E-state index in [0.29, 0.717) is 6.47 Å². The van der Waals surface area contributed by atoms with E-state index in [9.17, 15) is 0 Å². The average molecular weight is 171 g/mol. The Hall–Kier alpha value is -1.25. The highest BCUT2D eigenvalue weighted by molar-refractivity contribution is 5.36. The first-order chi connectivity index (χ1) is 5.81. The molecular formula is C9H17NO2. The number of hydrogen-bond acceptors (Lipinski definition) is 2. The van der Waals surface area contributed by atoms with Crippen LogP contribution in [0.1, 0.15) is 19.5 Å². The predicted octanol–water partition coefficient (Wildman–Crippen LogP) is 2.14. The Morgan fingerprint density at radius 2 is 2.00 bits per heavy atom. The molecule has 0 aliphatic rings. The van der Waals surface area contributed by atoms with Gasteiger partial charge in [0, 0.05) is 11.9 Å². The maximum atomic E-state index is 8.95. The van der Waals surface area contributed by atoms with Gasteiger partial charge in [0.15, 0.2) is 0 Å². The fourth-order valence-electron chi connectivity index (χ4n) is 0.420. The predicted molar refractivity (Wildman–Crippen MR) is 50.0 cm³/mol. The Bertz CT molecular complexity index is 159. The number of rotatable bonds is 1. The molecule has 1 N–H and O–H groups in total. The summed E-state index contributed by atoms with van der Waals surface area (Å²) in [5.74, 6) is 0. The van der Waals surface area contributed by atoms with Crippen LogP contribution in [0.15, 0.2) is 18.3 Å². The zero-order chi connectivity index (χ0) is 9.82. The standard InChI is InChI=1S/C5H7N.C2H4O2.C2H6/c1-5-3-2-4-6-5;1-4-2-3;1-2/h2-4,6H,1H3;2H,1H3;1-2H3. The summed E-state index contributed by atoms with van der Waals surface area (Å²) in [6.07, 6.45) is 1.91. The molecule has 0 atom stereocenters. The molecule has 1 aromatic heterocycles. The van der Waals surface area contributed by atoms with Crippen LogP contribution in [0, 0.1) is 6.92 Å². The van der Waals surface area contributed by atoms with Gasteiger partial charge in [-0.2, -0.15) is 0 Å². The van der Waals surface area contributed by atoms with E-state index in [1.165, 1.54) is 12.8 Å². The minimum absolute atomic E-state index is 0.375. The summed E-state index contributed by atoms with van der Waals surface area (Å²) in [7, 11) is 1.31. The van der Waals surface area contributed by atoms with Gasteiger partial charge in [0.1, 0.15) is 0 Å². The molecule has 0 bridgehead atoms. The average Bonchev–Trinajstić information content (AvgIpc) is 2.60. The third-order valence-electron chi connectivity index (χ3n) is 0.850. The van der Waals surface area contributed by atoms with Crippen molar-refractivity contribution in [1.29, 1.82) is 0 Å². The zero-order valence-corrected chi connectivity index (χ0v) is 8.13. The lowest BCUT2D eigenvalue weighted by Gasteiger charge is -1.70. The van der Waals surface area contributed by atoms with Crippen molar-refractivity contribution in [2.75, 3.05) is 7.11 Å². The second-order valence-corrected chi connectivity index (χ2v) is 1.69. The first kappa shape index (κ1) is 13.3. The molecule has 12 heavy (non-hydrogen) atoms. The van der Waals surface area contributed by atoms with Gasteiger partial charge in [-0.1, -0.05) is 13.8 Å². The van der Waals surface area contributed by atoms with Gasteiger partial charge in [0.2, 0.25) is 0 Å². The van der Waals surface area contributed by atoms with Gasteiger partial charge in [-0.25, -0.2) is 0 Å². The molecule has 0 aliphatic carbocycles. The van der Waals surface area contributed by atoms with Gasteiger partial charge >= 0.3 is 0 Å². The Kier molecular flexibility index (Phi) is 13.8. The van der Waals surface area contributed by atoms with E-state index < -0.39 is 0 Å². The molecule has 0 saturated heterocycles. The maximum absolute atomic E-state index is 8.95. The van der Waals surface area contributed by atoms with Crippen molar-refractivity contribution in [3.8, 4) is 0 Å². The number of carbonyl (C=O) groups excluding carboxylic acids is 1. The Morgan fingerprint density at radius 3 is 2.08 bits per heavy atom. The number of carbonyl (C=O) groups is 1. The highest BCUT2D eigenvalue weighted by atomic mass is 16.5. The van der Waals surface area contributed by atoms with Crippen LogP contribution in [0.4, 0.5) is 0 Å². The van der Waals surface area contributed by atoms with Gasteiger partial charge in [-0.15, -0.1) is 0 Å². The number of hydrogen-bond donors (Lipinski definition) is 1. The van der Waals surface area contributed by atoms with E-state index in [0.717, 1.165) is 0 Å². The lowest BCUT2D eigenvalue weighted by molar-refractivity contribution is -0.126. The lowest BCUT2D eigenvalue weighted by atomic mass is 10.5. The van der Waals surface area contributed by atoms with E-state index in [4.69, 9.17) is 4.79 Å². The van der Waals surface area contributed by atoms with E-state index in [1.807, 2.05) is 39.1 Å². The topological polar surface area (TPSA) is 42.1 Å². The van der Waals surface area contributed by atoms with Gasteiger partial charge < -0.3 is 9.72 Å². The Balaban J connectivity index is 0. The first-order valence-electron chi connectivity index (χ1n) is 3.87. The number of methoxy groups -OCH3 is 1. The summed E-state index contributed by atoms with van der Waals surface area (Å²) >= 11 is 0. The largest absolute Gasteiger partial charge is 0.471 e. The van der Waals surface area contributed by atoms with Gasteiger partial charge in [-0.3, -0.25) is 4.79 Å². The maximum Gasteiger partial charge on any atom is 0.292 e. The molecule has 0 radical (unpaired) electrons. The van der Waals surface area contributed by atoms with Gasteiger partial charge in [0.25, 0.3) is 6.47 Å². The summed E-state index contributed by atoms with van der Waals surface area (Å²) < 4.78 is 3.86. The van der Waals surface area contributed by atoms with Crippen LogP contribution in [0.3, 0.4) is 0 Å². The van der Waals surface area contributed by atoms with Crippen molar-refractivity contribution in [3.63, 3.8) is 0 Å². The zero-order valence-electron chi connectivity index (χ0n) is 8.13. The number of H-pyrrole nitrogens is 1. The van der Waals surface area contributed by atoms with Gasteiger partial charge in [0.05, 0.1) is 7.11 Å². The van der Waals surface area contributed by atoms with Crippen LogP contribution in [0.5, 0.6) is 0 Å². The van der Waals surface area contributed by atoms with Crippen LogP contribution in [0.2, 0.25) is 0 Å². The Morgan fingerprint density at radius 1 is 1.50 bits per heavy atom. The minimum Gasteiger partial charge on any atom is -0.471 e. The number of aromatic amines is 1. The lowest BCUT2D eigenvalue weighted by Crippen LogP contribution is -1.68. The second kappa shape index (κ2) is 12.4. The summed E-state index contributed by atoms with van der Waals surface area (Å²) in [6.45, 7) is 6.40. The van der Waals surface area contributed by atoms with Crippen molar-refractivity contribution in [3.05, 3.63) is 24.0 Å². The fraction of sp³-hybridized carbons (Fsp3) is 0.444. The highest BCUT2D eigenvalue weighted by Crippen LogP contribution is 1.86. The van der Waals surface area contributed by atoms with Crippen molar-refractivity contribution in [2.24, 2.45) is 0 Å². The summed E-state index contributed by atoms with van der Waals surface area (Å²) in [5, 5.41) is 0. The van der Waals surface area contributed by atoms with E-state index in [2.05, 4.69) is 9.72 Å². The highest BCUT2D eigenvalue weighted by Gasteiger charge is 1.72. The van der Waals surface area contributed by atoms with Crippen molar-refractivity contribution >= 4 is 6.47 Å². The molecule has 1 aromatic rings. The molecule has 1 rings (SSSR count). The van der Waals surface area contributed by atoms with E-state index >= 15 is 0 Å². The third kappa shape index (κ3) is 11.5. The SMILES string of the molecule is CC.COC=O.Cc1ccc[nH]1. The number of ether oxygens (including phenoxy) is 1. The minimum atomic E-state index is 0.375. The molecule has 0 fully saturated rings. The molecule has 0 amide bonds. The molecule has 0 unspecified atom stereocenters. The molecule has 1 heterocycles. The van der Waals surface area contributed by atoms with Crippen molar-refractivity contribution in [2.45, 2.75) is 20.8 Å². The second-order valence-electron chi connectivity index (χ2n) is 1.69. The van der Waals surface area contributed by atoms with Crippen LogP contribution in [-0.2, 0) is 9.53 Å². The van der Waals surface area contributed by atoms with Crippen LogP contribution in [-0.4, -0.2) is 18.6 Å². The molecule has 0 saturated carbocycles. The van der Waals surface area contributed by atoms with Crippen LogP contribution >= 0.6 is 0 Å². The van der Waals surface area contributed by atoms with Crippen molar-refractivity contribution in [1.82, 2.24) is 4.98 Å². The quantitative estimate of drug-likeness (QED) is 0.658. The number of aryl methyl sites for hydroxylation is 1. The van der Waals surface area contributed by atoms with Crippen LogP contribution in [0.25, 0.3) is 0 Å². The summed E-state index contributed by atoms with van der Waals surface area (Å²) in [4.78, 5) is 12.0. The molecule has 70 valence electrons. The monoisotopic (exact) mass is 171 g/mol. The van der Waals surface area contributed by atoms with Crippen molar-refractivity contribution < 1.29 is 9.53 Å². The number of aromatic nitrogens is 1. The smallest absolute Gasteiger partial charge is 0.292 e. The molecular weight excluding hydrogens is 154 g/mol. The fourth-order valence-corrected chi connectivity index (χ4v) is 0.420. The molecule has 3 heteroatoms. The third-order valence-corrected chi connectivity index (χ3v) is 0.850. The summed E-state index contributed by atoms with van der Waals surface area (Å²) in [6, 6.07) is 4.01. The normalized spacial score (nSPS) is 6.67. The molecule has 0 aromatic carbocycles. The van der Waals surface area contributed by atoms with E-state index in [1.54, 1.807) is 0 Å². The summed E-state index contributed by atoms with van der Waals surface area (Å²) in [5.41, 5.74) is 1.22. The Labute approximate surface area is 73.8 Å².